The van der Waals surface area contributed by atoms with Crippen LogP contribution in [0.25, 0.3) is 0 Å². The van der Waals surface area contributed by atoms with Crippen LogP contribution in [-0.2, 0) is 17.8 Å². The fourth-order valence-corrected chi connectivity index (χ4v) is 3.64. The maximum atomic E-state index is 12.7. The smallest absolute Gasteiger partial charge is 0.253 e. The maximum Gasteiger partial charge on any atom is 0.253 e. The van der Waals surface area contributed by atoms with Gasteiger partial charge in [-0.15, -0.1) is 11.3 Å². The van der Waals surface area contributed by atoms with Gasteiger partial charge in [-0.3, -0.25) is 14.6 Å². The molecule has 1 N–H and O–H groups in total. The minimum absolute atomic E-state index is 0.0372. The zero-order valence-corrected chi connectivity index (χ0v) is 16.6. The molecular weight excluding hydrogens is 370 g/mol. The maximum absolute atomic E-state index is 12.7. The molecule has 0 bridgehead atoms. The van der Waals surface area contributed by atoms with Crippen LogP contribution in [0, 0.1) is 0 Å². The van der Waals surface area contributed by atoms with E-state index in [0.29, 0.717) is 24.2 Å². The van der Waals surface area contributed by atoms with Gasteiger partial charge in [-0.2, -0.15) is 0 Å². The fourth-order valence-electron chi connectivity index (χ4n) is 2.89. The van der Waals surface area contributed by atoms with Crippen molar-refractivity contribution in [1.82, 2.24) is 9.88 Å². The van der Waals surface area contributed by atoms with Crippen molar-refractivity contribution in [2.75, 3.05) is 12.4 Å². The summed E-state index contributed by atoms with van der Waals surface area (Å²) in [6, 6.07) is 15.0. The number of rotatable bonds is 8. The third kappa shape index (κ3) is 5.76. The number of hydrogen-bond acceptors (Lipinski definition) is 4. The number of benzene rings is 1. The van der Waals surface area contributed by atoms with Crippen LogP contribution in [0.2, 0.25) is 0 Å². The fraction of sp³-hybridized carbons (Fsp3) is 0.227. The predicted octanol–water partition coefficient (Wildman–Crippen LogP) is 4.38. The molecule has 0 radical (unpaired) electrons. The average Bonchev–Trinajstić information content (AvgIpc) is 3.22. The Balaban J connectivity index is 1.53. The first-order chi connectivity index (χ1) is 13.6. The van der Waals surface area contributed by atoms with Crippen LogP contribution in [0.3, 0.4) is 0 Å². The second-order valence-electron chi connectivity index (χ2n) is 6.58. The second kappa shape index (κ2) is 9.80. The lowest BCUT2D eigenvalue weighted by atomic mass is 10.1. The van der Waals surface area contributed by atoms with Crippen molar-refractivity contribution in [3.63, 3.8) is 0 Å². The van der Waals surface area contributed by atoms with Gasteiger partial charge in [0.2, 0.25) is 5.91 Å². The molecule has 3 rings (SSSR count). The number of aryl methyl sites for hydroxylation is 1. The number of anilines is 1. The Kier molecular flexibility index (Phi) is 6.92. The molecule has 0 atom stereocenters. The molecule has 5 nitrogen and oxygen atoms in total. The monoisotopic (exact) mass is 393 g/mol. The summed E-state index contributed by atoms with van der Waals surface area (Å²) >= 11 is 1.71. The lowest BCUT2D eigenvalue weighted by Crippen LogP contribution is -2.26. The molecule has 28 heavy (non-hydrogen) atoms. The summed E-state index contributed by atoms with van der Waals surface area (Å²) in [6.45, 7) is 0.478. The van der Waals surface area contributed by atoms with E-state index in [-0.39, 0.29) is 11.8 Å². The first-order valence-electron chi connectivity index (χ1n) is 9.18. The number of aromatic nitrogens is 1. The quantitative estimate of drug-likeness (QED) is 0.618. The summed E-state index contributed by atoms with van der Waals surface area (Å²) < 4.78 is 0. The van der Waals surface area contributed by atoms with Crippen molar-refractivity contribution < 1.29 is 9.59 Å². The highest BCUT2D eigenvalue weighted by Crippen LogP contribution is 2.15. The third-order valence-electron chi connectivity index (χ3n) is 4.29. The molecule has 2 aromatic heterocycles. The molecule has 0 spiro atoms. The summed E-state index contributed by atoms with van der Waals surface area (Å²) in [5.74, 6) is -0.137. The number of thiophene rings is 1. The van der Waals surface area contributed by atoms with Gasteiger partial charge in [0.25, 0.3) is 5.91 Å². The van der Waals surface area contributed by atoms with E-state index < -0.39 is 0 Å². The van der Waals surface area contributed by atoms with Crippen LogP contribution < -0.4 is 5.32 Å². The molecule has 0 saturated carbocycles. The third-order valence-corrected chi connectivity index (χ3v) is 5.23. The minimum atomic E-state index is -0.0994. The molecule has 1 aromatic carbocycles. The van der Waals surface area contributed by atoms with Gasteiger partial charge in [-0.05, 0) is 54.1 Å². The van der Waals surface area contributed by atoms with Gasteiger partial charge in [0.15, 0.2) is 0 Å². The Bertz CT molecular complexity index is 911. The van der Waals surface area contributed by atoms with Crippen LogP contribution in [0.5, 0.6) is 0 Å². The molecule has 3 aromatic rings. The molecular formula is C22H23N3O2S. The van der Waals surface area contributed by atoms with E-state index in [1.807, 2.05) is 23.6 Å². The zero-order valence-electron chi connectivity index (χ0n) is 15.8. The Morgan fingerprint density at radius 2 is 2.04 bits per heavy atom. The first-order valence-corrected chi connectivity index (χ1v) is 10.1. The van der Waals surface area contributed by atoms with Gasteiger partial charge in [0.05, 0.1) is 0 Å². The van der Waals surface area contributed by atoms with E-state index in [1.165, 1.54) is 4.88 Å². The molecule has 0 fully saturated rings. The van der Waals surface area contributed by atoms with E-state index in [2.05, 4.69) is 16.4 Å². The lowest BCUT2D eigenvalue weighted by Gasteiger charge is -2.17. The number of hydrogen-bond donors (Lipinski definition) is 1. The molecule has 0 unspecified atom stereocenters. The van der Waals surface area contributed by atoms with Gasteiger partial charge >= 0.3 is 0 Å². The van der Waals surface area contributed by atoms with E-state index in [1.54, 1.807) is 59.9 Å². The Labute approximate surface area is 169 Å². The molecule has 0 aliphatic heterocycles. The Hall–Kier alpha value is -2.99. The highest BCUT2D eigenvalue weighted by Gasteiger charge is 2.13. The summed E-state index contributed by atoms with van der Waals surface area (Å²) in [5, 5.41) is 4.93. The molecule has 2 amide bonds. The average molecular weight is 394 g/mol. The van der Waals surface area contributed by atoms with Gasteiger partial charge in [0.1, 0.15) is 0 Å². The first kappa shape index (κ1) is 19.8. The van der Waals surface area contributed by atoms with Crippen LogP contribution in [0.4, 0.5) is 5.69 Å². The normalized spacial score (nSPS) is 10.5. The van der Waals surface area contributed by atoms with E-state index in [4.69, 9.17) is 0 Å². The zero-order chi connectivity index (χ0) is 19.8. The number of carbonyl (C=O) groups excluding carboxylic acids is 2. The number of amides is 2. The topological polar surface area (TPSA) is 62.3 Å². The van der Waals surface area contributed by atoms with Gasteiger partial charge in [-0.1, -0.05) is 18.2 Å². The largest absolute Gasteiger partial charge is 0.337 e. The molecule has 144 valence electrons. The van der Waals surface area contributed by atoms with E-state index in [9.17, 15) is 9.59 Å². The van der Waals surface area contributed by atoms with Crippen LogP contribution >= 0.6 is 11.3 Å². The summed E-state index contributed by atoms with van der Waals surface area (Å²) in [6.07, 6.45) is 5.62. The lowest BCUT2D eigenvalue weighted by molar-refractivity contribution is -0.116. The molecule has 0 saturated heterocycles. The second-order valence-corrected chi connectivity index (χ2v) is 7.62. The Morgan fingerprint density at radius 3 is 2.79 bits per heavy atom. The minimum Gasteiger partial charge on any atom is -0.337 e. The number of carbonyl (C=O) groups is 2. The SMILES string of the molecule is CN(Cc1cccnc1)C(=O)c1cccc(NC(=O)CCCc2cccs2)c1. The van der Waals surface area contributed by atoms with Crippen molar-refractivity contribution in [3.8, 4) is 0 Å². The van der Waals surface area contributed by atoms with Crippen LogP contribution in [0.15, 0.2) is 66.3 Å². The summed E-state index contributed by atoms with van der Waals surface area (Å²) in [5.41, 5.74) is 2.15. The highest BCUT2D eigenvalue weighted by atomic mass is 32.1. The number of pyridine rings is 1. The molecule has 2 heterocycles. The van der Waals surface area contributed by atoms with Crippen molar-refractivity contribution in [1.29, 1.82) is 0 Å². The molecule has 0 aliphatic rings. The number of nitrogens with zero attached hydrogens (tertiary/aromatic N) is 2. The number of nitrogens with one attached hydrogen (secondary N) is 1. The van der Waals surface area contributed by atoms with Crippen molar-refractivity contribution >= 4 is 28.8 Å². The summed E-state index contributed by atoms with van der Waals surface area (Å²) in [4.78, 5) is 31.9. The highest BCUT2D eigenvalue weighted by molar-refractivity contribution is 7.09. The van der Waals surface area contributed by atoms with Gasteiger partial charge < -0.3 is 10.2 Å². The summed E-state index contributed by atoms with van der Waals surface area (Å²) in [7, 11) is 1.76. The van der Waals surface area contributed by atoms with Crippen molar-refractivity contribution in [2.45, 2.75) is 25.8 Å². The van der Waals surface area contributed by atoms with Gasteiger partial charge in [-0.25, -0.2) is 0 Å². The van der Waals surface area contributed by atoms with E-state index >= 15 is 0 Å². The Morgan fingerprint density at radius 1 is 1.14 bits per heavy atom. The van der Waals surface area contributed by atoms with Gasteiger partial charge in [0, 0.05) is 48.5 Å². The van der Waals surface area contributed by atoms with Crippen molar-refractivity contribution in [3.05, 3.63) is 82.3 Å². The molecule has 6 heteroatoms. The van der Waals surface area contributed by atoms with E-state index in [0.717, 1.165) is 18.4 Å². The predicted molar refractivity (Wildman–Crippen MR) is 112 cm³/mol. The molecule has 0 aliphatic carbocycles. The standard InChI is InChI=1S/C22H23N3O2S/c1-25(16-17-6-4-12-23-15-17)22(27)18-7-2-8-19(14-18)24-21(26)11-3-9-20-10-5-13-28-20/h2,4-8,10,12-15H,3,9,11,16H2,1H3,(H,24,26). The van der Waals surface area contributed by atoms with Crippen LogP contribution in [0.1, 0.15) is 33.6 Å². The van der Waals surface area contributed by atoms with Crippen molar-refractivity contribution in [2.24, 2.45) is 0 Å². The van der Waals surface area contributed by atoms with Crippen LogP contribution in [-0.4, -0.2) is 28.7 Å².